The Labute approximate surface area is 161 Å². The van der Waals surface area contributed by atoms with E-state index in [1.165, 1.54) is 23.4 Å². The molecule has 2 N–H and O–H groups in total. The third-order valence-corrected chi connectivity index (χ3v) is 6.55. The van der Waals surface area contributed by atoms with E-state index in [0.29, 0.717) is 24.3 Å². The van der Waals surface area contributed by atoms with Gasteiger partial charge in [0.25, 0.3) is 0 Å². The summed E-state index contributed by atoms with van der Waals surface area (Å²) in [5.41, 5.74) is -1.18. The zero-order chi connectivity index (χ0) is 20.6. The number of aliphatic hydroxyl groups is 1. The summed E-state index contributed by atoms with van der Waals surface area (Å²) in [5.74, 6) is 0.106. The van der Waals surface area contributed by atoms with E-state index in [9.17, 15) is 26.7 Å². The minimum atomic E-state index is -4.49. The van der Waals surface area contributed by atoms with E-state index < -0.39 is 27.4 Å². The van der Waals surface area contributed by atoms with Crippen LogP contribution in [-0.4, -0.2) is 32.4 Å². The number of nitrogens with zero attached hydrogens (tertiary/aromatic N) is 1. The summed E-state index contributed by atoms with van der Waals surface area (Å²) in [5, 5.41) is 13.6. The molecule has 0 spiro atoms. The molecule has 2 aromatic carbocycles. The molecule has 28 heavy (non-hydrogen) atoms. The van der Waals surface area contributed by atoms with Gasteiger partial charge in [0.1, 0.15) is 5.60 Å². The molecule has 1 fully saturated rings. The van der Waals surface area contributed by atoms with Crippen LogP contribution in [0.3, 0.4) is 0 Å². The predicted molar refractivity (Wildman–Crippen MR) is 102 cm³/mol. The zero-order valence-corrected chi connectivity index (χ0v) is 16.0. The van der Waals surface area contributed by atoms with E-state index in [0.717, 1.165) is 12.1 Å². The second-order valence-corrected chi connectivity index (χ2v) is 9.01. The van der Waals surface area contributed by atoms with Crippen LogP contribution >= 0.6 is 0 Å². The number of alkyl halides is 3. The number of rotatable bonds is 5. The van der Waals surface area contributed by atoms with Crippen molar-refractivity contribution in [2.75, 3.05) is 28.5 Å². The van der Waals surface area contributed by atoms with Gasteiger partial charge in [-0.1, -0.05) is 18.2 Å². The minimum absolute atomic E-state index is 0.0511. The van der Waals surface area contributed by atoms with Gasteiger partial charge in [-0.25, -0.2) is 8.42 Å². The first-order valence-corrected chi connectivity index (χ1v) is 10.3. The molecule has 1 aliphatic heterocycles. The average Bonchev–Trinajstić information content (AvgIpc) is 2.99. The standard InChI is InChI=1S/C19H21F3N2O3S/c1-18(25,14-5-2-6-15(11-14)19(20,21)22)13-23-16-7-3-8-17(12-16)24-9-4-10-28(24,26)27/h2-3,5-8,11-12,23,25H,4,9-10,13H2,1H3. The van der Waals surface area contributed by atoms with Gasteiger partial charge < -0.3 is 10.4 Å². The van der Waals surface area contributed by atoms with Crippen LogP contribution in [0.2, 0.25) is 0 Å². The second-order valence-electron chi connectivity index (χ2n) is 7.00. The number of anilines is 2. The first kappa shape index (κ1) is 20.5. The molecular formula is C19H21F3N2O3S. The quantitative estimate of drug-likeness (QED) is 0.785. The Morgan fingerprint density at radius 3 is 2.43 bits per heavy atom. The van der Waals surface area contributed by atoms with E-state index in [1.54, 1.807) is 24.3 Å². The summed E-state index contributed by atoms with van der Waals surface area (Å²) in [6, 6.07) is 11.3. The van der Waals surface area contributed by atoms with Gasteiger partial charge in [0.2, 0.25) is 10.0 Å². The normalized spacial score (nSPS) is 18.7. The SMILES string of the molecule is CC(O)(CNc1cccc(N2CCCS2(=O)=O)c1)c1cccc(C(F)(F)F)c1. The smallest absolute Gasteiger partial charge is 0.384 e. The van der Waals surface area contributed by atoms with Crippen molar-refractivity contribution in [3.05, 3.63) is 59.7 Å². The van der Waals surface area contributed by atoms with Crippen LogP contribution < -0.4 is 9.62 Å². The van der Waals surface area contributed by atoms with Gasteiger partial charge in [0.05, 0.1) is 17.0 Å². The number of hydrogen-bond acceptors (Lipinski definition) is 4. The lowest BCUT2D eigenvalue weighted by Gasteiger charge is -2.26. The van der Waals surface area contributed by atoms with E-state index in [-0.39, 0.29) is 17.9 Å². The molecule has 5 nitrogen and oxygen atoms in total. The van der Waals surface area contributed by atoms with Gasteiger partial charge in [-0.15, -0.1) is 0 Å². The monoisotopic (exact) mass is 414 g/mol. The molecule has 1 atom stereocenters. The molecule has 0 bridgehead atoms. The first-order valence-electron chi connectivity index (χ1n) is 8.73. The highest BCUT2D eigenvalue weighted by molar-refractivity contribution is 7.93. The van der Waals surface area contributed by atoms with Gasteiger partial charge in [-0.05, 0) is 49.2 Å². The molecular weight excluding hydrogens is 393 g/mol. The van der Waals surface area contributed by atoms with Crippen LogP contribution in [0.5, 0.6) is 0 Å². The van der Waals surface area contributed by atoms with Crippen LogP contribution in [0.25, 0.3) is 0 Å². The molecule has 1 saturated heterocycles. The zero-order valence-electron chi connectivity index (χ0n) is 15.2. The number of benzene rings is 2. The lowest BCUT2D eigenvalue weighted by Crippen LogP contribution is -2.31. The Morgan fingerprint density at radius 2 is 1.79 bits per heavy atom. The summed E-state index contributed by atoms with van der Waals surface area (Å²) in [4.78, 5) is 0. The third-order valence-electron chi connectivity index (χ3n) is 4.68. The molecule has 9 heteroatoms. The Morgan fingerprint density at radius 1 is 1.11 bits per heavy atom. The van der Waals surface area contributed by atoms with Crippen molar-refractivity contribution in [1.82, 2.24) is 0 Å². The Hall–Kier alpha value is -2.26. The first-order chi connectivity index (χ1) is 13.0. The third kappa shape index (κ3) is 4.41. The topological polar surface area (TPSA) is 69.6 Å². The van der Waals surface area contributed by atoms with Gasteiger partial charge >= 0.3 is 6.18 Å². The molecule has 1 unspecified atom stereocenters. The highest BCUT2D eigenvalue weighted by Crippen LogP contribution is 2.32. The maximum Gasteiger partial charge on any atom is 0.416 e. The van der Waals surface area contributed by atoms with Crippen molar-refractivity contribution in [3.63, 3.8) is 0 Å². The number of sulfonamides is 1. The predicted octanol–water partition coefficient (Wildman–Crippen LogP) is 3.56. The van der Waals surface area contributed by atoms with Crippen molar-refractivity contribution in [1.29, 1.82) is 0 Å². The summed E-state index contributed by atoms with van der Waals surface area (Å²) >= 11 is 0. The summed E-state index contributed by atoms with van der Waals surface area (Å²) in [6.07, 6.45) is -3.93. The summed E-state index contributed by atoms with van der Waals surface area (Å²) < 4.78 is 64.2. The van der Waals surface area contributed by atoms with Crippen molar-refractivity contribution in [2.45, 2.75) is 25.1 Å². The molecule has 0 saturated carbocycles. The molecule has 152 valence electrons. The van der Waals surface area contributed by atoms with Crippen molar-refractivity contribution in [3.8, 4) is 0 Å². The van der Waals surface area contributed by atoms with Crippen LogP contribution in [0.15, 0.2) is 48.5 Å². The molecule has 1 heterocycles. The van der Waals surface area contributed by atoms with Gasteiger partial charge in [0.15, 0.2) is 0 Å². The fourth-order valence-corrected chi connectivity index (χ4v) is 4.66. The highest BCUT2D eigenvalue weighted by Gasteiger charge is 2.33. The summed E-state index contributed by atoms with van der Waals surface area (Å²) in [7, 11) is -3.31. The lowest BCUT2D eigenvalue weighted by atomic mass is 9.94. The van der Waals surface area contributed by atoms with Crippen LogP contribution in [0, 0.1) is 0 Å². The van der Waals surface area contributed by atoms with Crippen LogP contribution in [-0.2, 0) is 21.8 Å². The van der Waals surface area contributed by atoms with Crippen molar-refractivity contribution in [2.24, 2.45) is 0 Å². The maximum absolute atomic E-state index is 12.9. The number of hydrogen-bond donors (Lipinski definition) is 2. The molecule has 0 radical (unpaired) electrons. The van der Waals surface area contributed by atoms with E-state index in [4.69, 9.17) is 0 Å². The minimum Gasteiger partial charge on any atom is -0.384 e. The van der Waals surface area contributed by atoms with Crippen LogP contribution in [0.4, 0.5) is 24.5 Å². The van der Waals surface area contributed by atoms with E-state index in [2.05, 4.69) is 5.32 Å². The number of halogens is 3. The van der Waals surface area contributed by atoms with Crippen molar-refractivity contribution < 1.29 is 26.7 Å². The van der Waals surface area contributed by atoms with Gasteiger partial charge in [0, 0.05) is 18.8 Å². The molecule has 0 amide bonds. The molecule has 1 aliphatic rings. The highest BCUT2D eigenvalue weighted by atomic mass is 32.2. The molecule has 0 aliphatic carbocycles. The fraction of sp³-hybridized carbons (Fsp3) is 0.368. The van der Waals surface area contributed by atoms with E-state index in [1.807, 2.05) is 0 Å². The summed E-state index contributed by atoms with van der Waals surface area (Å²) in [6.45, 7) is 1.78. The Balaban J connectivity index is 1.76. The fourth-order valence-electron chi connectivity index (χ4n) is 3.11. The molecule has 0 aromatic heterocycles. The van der Waals surface area contributed by atoms with Gasteiger partial charge in [-0.3, -0.25) is 4.31 Å². The molecule has 2 aromatic rings. The Bertz CT molecular complexity index is 959. The molecule has 3 rings (SSSR count). The second kappa shape index (κ2) is 7.29. The lowest BCUT2D eigenvalue weighted by molar-refractivity contribution is -0.137. The van der Waals surface area contributed by atoms with Crippen LogP contribution in [0.1, 0.15) is 24.5 Å². The van der Waals surface area contributed by atoms with E-state index >= 15 is 0 Å². The average molecular weight is 414 g/mol. The van der Waals surface area contributed by atoms with Gasteiger partial charge in [-0.2, -0.15) is 13.2 Å². The van der Waals surface area contributed by atoms with Crippen molar-refractivity contribution >= 4 is 21.4 Å². The number of nitrogens with one attached hydrogen (secondary N) is 1. The Kier molecular flexibility index (Phi) is 5.33. The maximum atomic E-state index is 12.9. The largest absolute Gasteiger partial charge is 0.416 e.